The Balaban J connectivity index is 2.40. The van der Waals surface area contributed by atoms with E-state index in [2.05, 4.69) is 41.9 Å². The van der Waals surface area contributed by atoms with Crippen molar-refractivity contribution in [2.75, 3.05) is 17.3 Å². The van der Waals surface area contributed by atoms with E-state index in [4.69, 9.17) is 11.6 Å². The Labute approximate surface area is 107 Å². The summed E-state index contributed by atoms with van der Waals surface area (Å²) < 4.78 is 0. The Bertz CT molecular complexity index is 496. The number of rotatable bonds is 4. The van der Waals surface area contributed by atoms with Crippen molar-refractivity contribution < 1.29 is 0 Å². The Morgan fingerprint density at radius 3 is 2.65 bits per heavy atom. The van der Waals surface area contributed by atoms with Crippen molar-refractivity contribution in [3.63, 3.8) is 0 Å². The van der Waals surface area contributed by atoms with Gasteiger partial charge in [0.25, 0.3) is 0 Å². The molecular weight excluding hydrogens is 232 g/mol. The number of fused-ring (bicyclic) bond motifs is 1. The summed E-state index contributed by atoms with van der Waals surface area (Å²) in [6.45, 7) is 5.14. The van der Waals surface area contributed by atoms with Gasteiger partial charge in [-0.25, -0.2) is 4.98 Å². The van der Waals surface area contributed by atoms with Crippen molar-refractivity contribution in [2.45, 2.75) is 19.9 Å². The number of hydrogen-bond donors (Lipinski definition) is 0. The molecule has 0 unspecified atom stereocenters. The van der Waals surface area contributed by atoms with Crippen LogP contribution in [-0.2, 0) is 0 Å². The molecule has 0 saturated heterocycles. The third-order valence-corrected chi connectivity index (χ3v) is 3.00. The van der Waals surface area contributed by atoms with Crippen LogP contribution in [0.3, 0.4) is 0 Å². The lowest BCUT2D eigenvalue weighted by atomic mass is 10.2. The summed E-state index contributed by atoms with van der Waals surface area (Å²) in [7, 11) is 0. The first kappa shape index (κ1) is 12.2. The Kier molecular flexibility index (Phi) is 3.85. The number of benzene rings is 1. The summed E-state index contributed by atoms with van der Waals surface area (Å²) in [4.78, 5) is 6.90. The molecule has 0 atom stereocenters. The maximum absolute atomic E-state index is 5.84. The van der Waals surface area contributed by atoms with Gasteiger partial charge in [0.1, 0.15) is 5.82 Å². The molecule has 1 aromatic carbocycles. The first-order chi connectivity index (χ1) is 8.22. The fourth-order valence-electron chi connectivity index (χ4n) is 1.94. The summed E-state index contributed by atoms with van der Waals surface area (Å²) in [5.41, 5.74) is 1.03. The average Bonchev–Trinajstić information content (AvgIpc) is 2.35. The molecule has 0 aliphatic carbocycles. The monoisotopic (exact) mass is 248 g/mol. The number of pyridine rings is 1. The van der Waals surface area contributed by atoms with E-state index >= 15 is 0 Å². The smallest absolute Gasteiger partial charge is 0.129 e. The topological polar surface area (TPSA) is 16.1 Å². The largest absolute Gasteiger partial charge is 0.353 e. The molecule has 1 heterocycles. The van der Waals surface area contributed by atoms with Crippen molar-refractivity contribution >= 4 is 28.3 Å². The number of aromatic nitrogens is 1. The zero-order chi connectivity index (χ0) is 12.3. The fraction of sp³-hybridized carbons (Fsp3) is 0.357. The van der Waals surface area contributed by atoms with Crippen LogP contribution in [0, 0.1) is 0 Å². The van der Waals surface area contributed by atoms with E-state index in [1.54, 1.807) is 0 Å². The molecule has 0 aliphatic heterocycles. The second-order valence-corrected chi connectivity index (χ2v) is 4.72. The molecule has 0 spiro atoms. The Morgan fingerprint density at radius 1 is 1.18 bits per heavy atom. The molecule has 2 nitrogen and oxygen atoms in total. The van der Waals surface area contributed by atoms with Crippen LogP contribution < -0.4 is 4.90 Å². The van der Waals surface area contributed by atoms with E-state index < -0.39 is 0 Å². The maximum atomic E-state index is 5.84. The minimum Gasteiger partial charge on any atom is -0.353 e. The van der Waals surface area contributed by atoms with Crippen molar-refractivity contribution in [2.24, 2.45) is 0 Å². The van der Waals surface area contributed by atoms with E-state index in [9.17, 15) is 0 Å². The number of anilines is 1. The lowest BCUT2D eigenvalue weighted by Gasteiger charge is -2.27. The van der Waals surface area contributed by atoms with Crippen LogP contribution in [0.2, 0.25) is 0 Å². The minimum absolute atomic E-state index is 0.405. The van der Waals surface area contributed by atoms with E-state index in [0.717, 1.165) is 17.9 Å². The van der Waals surface area contributed by atoms with Crippen LogP contribution in [0.1, 0.15) is 13.8 Å². The van der Waals surface area contributed by atoms with E-state index in [0.29, 0.717) is 11.9 Å². The average molecular weight is 249 g/mol. The number of halogens is 1. The summed E-state index contributed by atoms with van der Waals surface area (Å²) in [6, 6.07) is 12.7. The predicted molar refractivity (Wildman–Crippen MR) is 74.9 cm³/mol. The first-order valence-electron chi connectivity index (χ1n) is 5.91. The van der Waals surface area contributed by atoms with Crippen molar-refractivity contribution in [3.8, 4) is 0 Å². The zero-order valence-corrected chi connectivity index (χ0v) is 11.0. The van der Waals surface area contributed by atoms with Crippen LogP contribution in [0.25, 0.3) is 10.9 Å². The van der Waals surface area contributed by atoms with Crippen molar-refractivity contribution in [1.29, 1.82) is 0 Å². The highest BCUT2D eigenvalue weighted by Gasteiger charge is 2.11. The summed E-state index contributed by atoms with van der Waals surface area (Å²) in [5.74, 6) is 1.62. The summed E-state index contributed by atoms with van der Waals surface area (Å²) in [5, 5.41) is 1.17. The Hall–Kier alpha value is -1.28. The first-order valence-corrected chi connectivity index (χ1v) is 6.44. The molecule has 90 valence electrons. The molecule has 0 saturated carbocycles. The van der Waals surface area contributed by atoms with Gasteiger partial charge in [-0.05, 0) is 32.0 Å². The number of hydrogen-bond acceptors (Lipinski definition) is 2. The lowest BCUT2D eigenvalue weighted by molar-refractivity contribution is 0.697. The minimum atomic E-state index is 0.405. The zero-order valence-electron chi connectivity index (χ0n) is 10.2. The second kappa shape index (κ2) is 5.37. The SMILES string of the molecule is CC(C)N(CCCl)c1ccc2ccccc2n1. The molecule has 0 amide bonds. The van der Waals surface area contributed by atoms with Gasteiger partial charge in [0.2, 0.25) is 0 Å². The fourth-order valence-corrected chi connectivity index (χ4v) is 2.13. The Morgan fingerprint density at radius 2 is 1.94 bits per heavy atom. The maximum Gasteiger partial charge on any atom is 0.129 e. The molecule has 1 aromatic heterocycles. The molecular formula is C14H17ClN2. The van der Waals surface area contributed by atoms with Gasteiger partial charge in [0.05, 0.1) is 5.52 Å². The number of nitrogens with zero attached hydrogens (tertiary/aromatic N) is 2. The highest BCUT2D eigenvalue weighted by Crippen LogP contribution is 2.19. The van der Waals surface area contributed by atoms with Gasteiger partial charge in [-0.3, -0.25) is 0 Å². The van der Waals surface area contributed by atoms with Gasteiger partial charge in [0, 0.05) is 23.9 Å². The molecule has 2 aromatic rings. The highest BCUT2D eigenvalue weighted by atomic mass is 35.5. The van der Waals surface area contributed by atoms with E-state index in [1.807, 2.05) is 18.2 Å². The molecule has 0 N–H and O–H groups in total. The van der Waals surface area contributed by atoms with Gasteiger partial charge in [-0.1, -0.05) is 18.2 Å². The van der Waals surface area contributed by atoms with E-state index in [-0.39, 0.29) is 0 Å². The van der Waals surface area contributed by atoms with Crippen molar-refractivity contribution in [3.05, 3.63) is 36.4 Å². The van der Waals surface area contributed by atoms with Gasteiger partial charge in [0.15, 0.2) is 0 Å². The van der Waals surface area contributed by atoms with Crippen LogP contribution >= 0.6 is 11.6 Å². The predicted octanol–water partition coefficient (Wildman–Crippen LogP) is 3.69. The summed E-state index contributed by atoms with van der Waals surface area (Å²) in [6.07, 6.45) is 0. The van der Waals surface area contributed by atoms with Gasteiger partial charge in [-0.2, -0.15) is 0 Å². The number of para-hydroxylation sites is 1. The molecule has 0 bridgehead atoms. The van der Waals surface area contributed by atoms with Crippen LogP contribution in [0.5, 0.6) is 0 Å². The molecule has 0 aliphatic rings. The standard InChI is InChI=1S/C14H17ClN2/c1-11(2)17(10-9-15)14-8-7-12-5-3-4-6-13(12)16-14/h3-8,11H,9-10H2,1-2H3. The third-order valence-electron chi connectivity index (χ3n) is 2.83. The number of alkyl halides is 1. The molecule has 0 fully saturated rings. The van der Waals surface area contributed by atoms with Gasteiger partial charge < -0.3 is 4.90 Å². The molecule has 17 heavy (non-hydrogen) atoms. The molecule has 3 heteroatoms. The normalized spacial score (nSPS) is 11.1. The van der Waals surface area contributed by atoms with Crippen molar-refractivity contribution in [1.82, 2.24) is 4.98 Å². The van der Waals surface area contributed by atoms with Crippen LogP contribution in [0.4, 0.5) is 5.82 Å². The molecule has 0 radical (unpaired) electrons. The molecule has 2 rings (SSSR count). The van der Waals surface area contributed by atoms with Gasteiger partial charge in [-0.15, -0.1) is 11.6 Å². The highest BCUT2D eigenvalue weighted by molar-refractivity contribution is 6.18. The van der Waals surface area contributed by atoms with E-state index in [1.165, 1.54) is 5.39 Å². The lowest BCUT2D eigenvalue weighted by Crippen LogP contribution is -2.33. The second-order valence-electron chi connectivity index (χ2n) is 4.34. The van der Waals surface area contributed by atoms with Crippen LogP contribution in [0.15, 0.2) is 36.4 Å². The third kappa shape index (κ3) is 2.70. The van der Waals surface area contributed by atoms with Crippen LogP contribution in [-0.4, -0.2) is 23.5 Å². The van der Waals surface area contributed by atoms with Gasteiger partial charge >= 0.3 is 0 Å². The quantitative estimate of drug-likeness (QED) is 0.768. The summed E-state index contributed by atoms with van der Waals surface area (Å²) >= 11 is 5.84.